The Morgan fingerprint density at radius 2 is 1.76 bits per heavy atom. The summed E-state index contributed by atoms with van der Waals surface area (Å²) in [4.78, 5) is 16.8. The number of rotatable bonds is 1. The summed E-state index contributed by atoms with van der Waals surface area (Å²) in [5.41, 5.74) is 1.73. The number of hydrogen-bond donors (Lipinski definition) is 0. The van der Waals surface area contributed by atoms with E-state index in [0.29, 0.717) is 21.7 Å². The fourth-order valence-electron chi connectivity index (χ4n) is 2.36. The van der Waals surface area contributed by atoms with E-state index in [1.807, 2.05) is 24.3 Å². The summed E-state index contributed by atoms with van der Waals surface area (Å²) in [6.45, 7) is 0. The summed E-state index contributed by atoms with van der Waals surface area (Å²) in [5.74, 6) is 0. The van der Waals surface area contributed by atoms with Crippen molar-refractivity contribution >= 4 is 33.5 Å². The number of benzene rings is 2. The van der Waals surface area contributed by atoms with Gasteiger partial charge in [0.2, 0.25) is 0 Å². The monoisotopic (exact) mass is 296 g/mol. The lowest BCUT2D eigenvalue weighted by molar-refractivity contribution is 0.370. The Morgan fingerprint density at radius 1 is 1.00 bits per heavy atom. The van der Waals surface area contributed by atoms with E-state index in [-0.39, 0.29) is 5.56 Å². The number of aromatic nitrogens is 2. The molecule has 0 unspecified atom stereocenters. The van der Waals surface area contributed by atoms with Crippen molar-refractivity contribution in [3.05, 3.63) is 70.1 Å². The van der Waals surface area contributed by atoms with Gasteiger partial charge in [-0.2, -0.15) is 0 Å². The van der Waals surface area contributed by atoms with Gasteiger partial charge in [-0.05, 0) is 36.4 Å². The number of halogens is 1. The lowest BCUT2D eigenvalue weighted by Gasteiger charge is -1.99. The van der Waals surface area contributed by atoms with Crippen LogP contribution in [0, 0.1) is 0 Å². The summed E-state index contributed by atoms with van der Waals surface area (Å²) >= 11 is 5.87. The SMILES string of the molecule is O=c1c2cnc3ccccc3c2on1-c1ccc(Cl)cc1. The fourth-order valence-corrected chi connectivity index (χ4v) is 2.48. The summed E-state index contributed by atoms with van der Waals surface area (Å²) in [6.07, 6.45) is 1.55. The maximum absolute atomic E-state index is 12.5. The largest absolute Gasteiger partial charge is 0.370 e. The van der Waals surface area contributed by atoms with Crippen LogP contribution >= 0.6 is 11.6 Å². The predicted octanol–water partition coefficient (Wildman–Crippen LogP) is 3.79. The number of hydrogen-bond acceptors (Lipinski definition) is 3. The number of pyridine rings is 1. The van der Waals surface area contributed by atoms with Crippen LogP contribution in [0.5, 0.6) is 0 Å². The number of fused-ring (bicyclic) bond motifs is 3. The van der Waals surface area contributed by atoms with Crippen molar-refractivity contribution in [1.29, 1.82) is 0 Å². The van der Waals surface area contributed by atoms with E-state index in [9.17, 15) is 4.79 Å². The Balaban J connectivity index is 2.07. The van der Waals surface area contributed by atoms with Gasteiger partial charge in [-0.15, -0.1) is 4.74 Å². The average Bonchev–Trinajstić information content (AvgIpc) is 2.86. The second-order valence-electron chi connectivity index (χ2n) is 4.69. The predicted molar refractivity (Wildman–Crippen MR) is 82.1 cm³/mol. The van der Waals surface area contributed by atoms with Crippen LogP contribution in [-0.4, -0.2) is 9.72 Å². The van der Waals surface area contributed by atoms with Gasteiger partial charge < -0.3 is 4.52 Å². The highest BCUT2D eigenvalue weighted by Gasteiger charge is 2.14. The van der Waals surface area contributed by atoms with Crippen molar-refractivity contribution in [1.82, 2.24) is 9.72 Å². The van der Waals surface area contributed by atoms with Gasteiger partial charge in [0.1, 0.15) is 5.39 Å². The second-order valence-corrected chi connectivity index (χ2v) is 5.12. The lowest BCUT2D eigenvalue weighted by Crippen LogP contribution is -2.11. The molecule has 2 heterocycles. The summed E-state index contributed by atoms with van der Waals surface area (Å²) in [7, 11) is 0. The van der Waals surface area contributed by atoms with Gasteiger partial charge >= 0.3 is 0 Å². The summed E-state index contributed by atoms with van der Waals surface area (Å²) in [6, 6.07) is 14.5. The smallest absolute Gasteiger partial charge is 0.296 e. The molecule has 5 heteroatoms. The Morgan fingerprint density at radius 3 is 2.57 bits per heavy atom. The van der Waals surface area contributed by atoms with Crippen LogP contribution in [0.2, 0.25) is 5.02 Å². The summed E-state index contributed by atoms with van der Waals surface area (Å²) < 4.78 is 7.02. The maximum atomic E-state index is 12.5. The van der Waals surface area contributed by atoms with E-state index in [0.717, 1.165) is 10.9 Å². The first-order chi connectivity index (χ1) is 10.2. The van der Waals surface area contributed by atoms with E-state index in [1.165, 1.54) is 4.74 Å². The van der Waals surface area contributed by atoms with Gasteiger partial charge in [0, 0.05) is 16.6 Å². The van der Waals surface area contributed by atoms with Crippen LogP contribution in [0.25, 0.3) is 27.6 Å². The molecule has 21 heavy (non-hydrogen) atoms. The van der Waals surface area contributed by atoms with Crippen molar-refractivity contribution in [3.63, 3.8) is 0 Å². The molecule has 0 fully saturated rings. The van der Waals surface area contributed by atoms with Crippen molar-refractivity contribution in [2.45, 2.75) is 0 Å². The molecule has 0 aliphatic heterocycles. The Hall–Kier alpha value is -2.59. The first-order valence-corrected chi connectivity index (χ1v) is 6.77. The number of nitrogens with zero attached hydrogens (tertiary/aromatic N) is 2. The highest BCUT2D eigenvalue weighted by molar-refractivity contribution is 6.30. The molecule has 4 rings (SSSR count). The molecule has 0 bridgehead atoms. The Kier molecular flexibility index (Phi) is 2.59. The summed E-state index contributed by atoms with van der Waals surface area (Å²) in [5, 5.41) is 1.89. The molecular weight excluding hydrogens is 288 g/mol. The van der Waals surface area contributed by atoms with E-state index in [1.54, 1.807) is 30.5 Å². The minimum absolute atomic E-state index is 0.231. The van der Waals surface area contributed by atoms with E-state index < -0.39 is 0 Å². The third-order valence-corrected chi connectivity index (χ3v) is 3.64. The molecule has 0 amide bonds. The first kappa shape index (κ1) is 12.2. The van der Waals surface area contributed by atoms with Crippen molar-refractivity contribution in [2.75, 3.05) is 0 Å². The lowest BCUT2D eigenvalue weighted by atomic mass is 10.2. The van der Waals surface area contributed by atoms with Crippen LogP contribution in [0.4, 0.5) is 0 Å². The maximum Gasteiger partial charge on any atom is 0.296 e. The van der Waals surface area contributed by atoms with Crippen LogP contribution in [0.3, 0.4) is 0 Å². The van der Waals surface area contributed by atoms with Gasteiger partial charge in [-0.25, -0.2) is 0 Å². The van der Waals surface area contributed by atoms with E-state index in [4.69, 9.17) is 16.1 Å². The molecule has 102 valence electrons. The van der Waals surface area contributed by atoms with Gasteiger partial charge in [-0.3, -0.25) is 9.78 Å². The Labute approximate surface area is 124 Å². The molecule has 0 N–H and O–H groups in total. The average molecular weight is 297 g/mol. The molecule has 2 aromatic heterocycles. The molecule has 4 nitrogen and oxygen atoms in total. The standard InChI is InChI=1S/C16H9ClN2O2/c17-10-5-7-11(8-6-10)19-16(20)13-9-18-14-4-2-1-3-12(14)15(13)21-19/h1-9H. The molecule has 4 aromatic rings. The molecule has 0 atom stereocenters. The fraction of sp³-hybridized carbons (Fsp3) is 0. The van der Waals surface area contributed by atoms with Crippen LogP contribution < -0.4 is 5.56 Å². The van der Waals surface area contributed by atoms with Crippen molar-refractivity contribution in [3.8, 4) is 5.69 Å². The van der Waals surface area contributed by atoms with Gasteiger partial charge in [0.15, 0.2) is 5.58 Å². The molecule has 0 saturated carbocycles. The third kappa shape index (κ3) is 1.84. The molecule has 0 aliphatic carbocycles. The molecule has 0 aliphatic rings. The Bertz CT molecular complexity index is 1020. The van der Waals surface area contributed by atoms with Gasteiger partial charge in [0.05, 0.1) is 11.2 Å². The highest BCUT2D eigenvalue weighted by atomic mass is 35.5. The third-order valence-electron chi connectivity index (χ3n) is 3.38. The first-order valence-electron chi connectivity index (χ1n) is 6.40. The van der Waals surface area contributed by atoms with E-state index >= 15 is 0 Å². The zero-order valence-electron chi connectivity index (χ0n) is 10.8. The zero-order valence-corrected chi connectivity index (χ0v) is 11.5. The van der Waals surface area contributed by atoms with Gasteiger partial charge in [0.25, 0.3) is 5.56 Å². The van der Waals surface area contributed by atoms with Crippen LogP contribution in [0.15, 0.2) is 64.0 Å². The molecule has 2 aromatic carbocycles. The molecule has 0 saturated heterocycles. The van der Waals surface area contributed by atoms with Gasteiger partial charge in [-0.1, -0.05) is 23.7 Å². The molecular formula is C16H9ClN2O2. The highest BCUT2D eigenvalue weighted by Crippen LogP contribution is 2.23. The quantitative estimate of drug-likeness (QED) is 0.537. The van der Waals surface area contributed by atoms with Crippen molar-refractivity contribution < 1.29 is 4.52 Å². The minimum atomic E-state index is -0.231. The topological polar surface area (TPSA) is 48.0 Å². The zero-order chi connectivity index (χ0) is 14.4. The minimum Gasteiger partial charge on any atom is -0.370 e. The molecule has 0 radical (unpaired) electrons. The normalized spacial score (nSPS) is 11.3. The van der Waals surface area contributed by atoms with Crippen LogP contribution in [-0.2, 0) is 0 Å². The second kappa shape index (κ2) is 4.46. The number of para-hydroxylation sites is 1. The van der Waals surface area contributed by atoms with Crippen molar-refractivity contribution in [2.24, 2.45) is 0 Å². The van der Waals surface area contributed by atoms with Crippen LogP contribution in [0.1, 0.15) is 0 Å². The van der Waals surface area contributed by atoms with E-state index in [2.05, 4.69) is 4.98 Å². The molecule has 0 spiro atoms.